The Bertz CT molecular complexity index is 3730. The Morgan fingerprint density at radius 3 is 2.24 bits per heavy atom. The zero-order chi connectivity index (χ0) is 61.7. The molecule has 3 aromatic carbocycles. The van der Waals surface area contributed by atoms with E-state index in [0.717, 1.165) is 81.8 Å². The third-order valence-corrected chi connectivity index (χ3v) is 27.4. The number of nitrogens with one attached hydrogen (secondary N) is 1. The number of piperazine rings is 1. The number of rotatable bonds is 14. The van der Waals surface area contributed by atoms with E-state index in [-0.39, 0.29) is 129 Å². The molecule has 6 fully saturated rings. The first kappa shape index (κ1) is 59.5. The van der Waals surface area contributed by atoms with Crippen molar-refractivity contribution in [2.45, 2.75) is 153 Å². The number of amides is 5. The first-order valence-corrected chi connectivity index (χ1v) is 33.6. The van der Waals surface area contributed by atoms with Crippen LogP contribution in [0.3, 0.4) is 0 Å². The van der Waals surface area contributed by atoms with Crippen LogP contribution >= 0.6 is 0 Å². The summed E-state index contributed by atoms with van der Waals surface area (Å²) in [4.78, 5) is 88.8. The van der Waals surface area contributed by atoms with Gasteiger partial charge in [-0.1, -0.05) is 53.5 Å². The summed E-state index contributed by atoms with van der Waals surface area (Å²) in [6.45, 7) is 18.1. The monoisotopic (exact) mass is 1220 g/mol. The van der Waals surface area contributed by atoms with Crippen molar-refractivity contribution in [2.24, 2.45) is 10.8 Å². The highest BCUT2D eigenvalue weighted by Crippen LogP contribution is 2.51. The number of aromatic nitrogens is 3. The van der Waals surface area contributed by atoms with Crippen LogP contribution in [0.1, 0.15) is 138 Å². The number of carbonyl (C=O) groups excluding carboxylic acids is 4. The van der Waals surface area contributed by atoms with Crippen LogP contribution in [-0.2, 0) is 14.3 Å². The normalized spacial score (nSPS) is 23.1. The largest absolute Gasteiger partial charge is 0.477 e. The number of fused-ring (bicyclic) bond motifs is 7. The number of carbonyl (C=O) groups is 5. The lowest BCUT2D eigenvalue weighted by atomic mass is 9.71. The maximum Gasteiger partial charge on any atom is 0.407 e. The van der Waals surface area contributed by atoms with Gasteiger partial charge in [0.05, 0.1) is 48.0 Å². The zero-order valence-electron chi connectivity index (χ0n) is 51.2. The molecule has 4 atom stereocenters. The Balaban J connectivity index is 0.779. The molecule has 1 unspecified atom stereocenters. The summed E-state index contributed by atoms with van der Waals surface area (Å²) in [5.74, 6) is 0.755. The number of anilines is 2. The van der Waals surface area contributed by atoms with Gasteiger partial charge in [0.2, 0.25) is 17.7 Å². The van der Waals surface area contributed by atoms with Crippen molar-refractivity contribution in [3.63, 3.8) is 0 Å². The molecule has 1 aliphatic carbocycles. The number of imide groups is 2. The minimum absolute atomic E-state index is 0.0181. The minimum Gasteiger partial charge on any atom is -0.477 e. The van der Waals surface area contributed by atoms with Crippen molar-refractivity contribution < 1.29 is 56.8 Å². The van der Waals surface area contributed by atoms with Crippen molar-refractivity contribution in [1.82, 2.24) is 35.0 Å². The smallest absolute Gasteiger partial charge is 0.407 e. The second-order valence-corrected chi connectivity index (χ2v) is 32.5. The second kappa shape index (κ2) is 22.8. The van der Waals surface area contributed by atoms with Crippen molar-refractivity contribution in [2.75, 3.05) is 76.2 Å². The van der Waals surface area contributed by atoms with Crippen LogP contribution < -0.4 is 29.3 Å². The molecule has 2 aromatic heterocycles. The van der Waals surface area contributed by atoms with Gasteiger partial charge in [-0.05, 0) is 135 Å². The number of ether oxygens (including phenoxy) is 4. The Kier molecular flexibility index (Phi) is 15.4. The van der Waals surface area contributed by atoms with E-state index in [0.29, 0.717) is 48.1 Å². The molecule has 88 heavy (non-hydrogen) atoms. The molecule has 5 amide bonds. The lowest BCUT2D eigenvalue weighted by Crippen LogP contribution is -2.62. The highest BCUT2D eigenvalue weighted by atomic mass is 28.3. The van der Waals surface area contributed by atoms with Gasteiger partial charge in [0, 0.05) is 68.2 Å². The summed E-state index contributed by atoms with van der Waals surface area (Å²) in [5.41, 5.74) is 6.02. The van der Waals surface area contributed by atoms with Crippen molar-refractivity contribution >= 4 is 71.0 Å². The molecular formula is C66H77F2N9O10Si. The van der Waals surface area contributed by atoms with Gasteiger partial charge in [-0.25, -0.2) is 18.6 Å². The van der Waals surface area contributed by atoms with E-state index in [4.69, 9.17) is 33.9 Å². The summed E-state index contributed by atoms with van der Waals surface area (Å²) >= 11 is 0. The summed E-state index contributed by atoms with van der Waals surface area (Å²) in [6, 6.07) is 9.74. The number of nitrogens with zero attached hydrogens (tertiary/aromatic N) is 8. The lowest BCUT2D eigenvalue weighted by Gasteiger charge is -2.48. The molecule has 9 heterocycles. The number of piperidine rings is 3. The fourth-order valence-electron chi connectivity index (χ4n) is 16.2. The van der Waals surface area contributed by atoms with Gasteiger partial charge in [-0.2, -0.15) is 9.97 Å². The maximum atomic E-state index is 18.5. The van der Waals surface area contributed by atoms with Crippen LogP contribution in [0.5, 0.6) is 17.6 Å². The van der Waals surface area contributed by atoms with E-state index in [1.807, 2.05) is 6.07 Å². The molecule has 2 bridgehead atoms. The first-order chi connectivity index (χ1) is 42.2. The average molecular weight is 1220 g/mol. The zero-order valence-corrected chi connectivity index (χ0v) is 52.2. The minimum atomic E-state index is -2.40. The first-order valence-electron chi connectivity index (χ1n) is 31.4. The number of carboxylic acid groups (broad SMARTS) is 1. The Labute approximate surface area is 511 Å². The highest BCUT2D eigenvalue weighted by Gasteiger charge is 2.52. The summed E-state index contributed by atoms with van der Waals surface area (Å²) in [7, 11) is -0.893. The van der Waals surface area contributed by atoms with Crippen LogP contribution in [0.25, 0.3) is 32.9 Å². The van der Waals surface area contributed by atoms with Gasteiger partial charge in [-0.15, -0.1) is 5.54 Å². The van der Waals surface area contributed by atoms with Crippen LogP contribution in [-0.4, -0.2) is 163 Å². The molecule has 1 saturated carbocycles. The summed E-state index contributed by atoms with van der Waals surface area (Å²) in [6.07, 6.45) is 6.83. The fourth-order valence-corrected chi connectivity index (χ4v) is 21.4. The number of likely N-dealkylation sites (tertiary alicyclic amines) is 1. The Hall–Kier alpha value is -7.48. The molecule has 22 heteroatoms. The molecule has 19 nitrogen and oxygen atoms in total. The number of hydrogen-bond donors (Lipinski definition) is 2. The van der Waals surface area contributed by atoms with Gasteiger partial charge < -0.3 is 38.8 Å². The maximum absolute atomic E-state index is 18.5. The van der Waals surface area contributed by atoms with E-state index in [2.05, 4.69) is 73.0 Å². The molecule has 8 aliphatic rings. The molecule has 5 aromatic rings. The summed E-state index contributed by atoms with van der Waals surface area (Å²) in [5, 5.41) is 13.9. The number of pyridine rings is 1. The molecule has 2 N–H and O–H groups in total. The average Bonchev–Trinajstić information content (AvgIpc) is 0.986. The van der Waals surface area contributed by atoms with E-state index in [1.165, 1.54) is 13.2 Å². The number of hydrogen-bond acceptors (Lipinski definition) is 15. The van der Waals surface area contributed by atoms with Gasteiger partial charge >= 0.3 is 12.1 Å². The van der Waals surface area contributed by atoms with E-state index < -0.39 is 55.5 Å². The predicted molar refractivity (Wildman–Crippen MR) is 328 cm³/mol. The van der Waals surface area contributed by atoms with Crippen molar-refractivity contribution in [3.8, 4) is 40.4 Å². The van der Waals surface area contributed by atoms with E-state index in [1.54, 1.807) is 35.2 Å². The predicted octanol–water partition coefficient (Wildman–Crippen LogP) is 10.1. The van der Waals surface area contributed by atoms with Gasteiger partial charge in [0.1, 0.15) is 48.1 Å². The number of methoxy groups -OCH3 is 1. The molecule has 1 spiro atoms. The fraction of sp³-hybridized carbons (Fsp3) is 0.545. The standard InChI is InChI=1S/C66H77F2N9O10Si/c1-37(2)88(38(3)4,39(5)6)29-17-45-48(67)12-8-40-30-43(87-36-84-7)32-47(53(40)45)56-55(68)57-54-58(75-33-42-10-13-50(76(42)64(82)83)49(75)16-28-85-60(54)70-56)72-63(71-57)86-35-66(18-19-66)34-73-24-20-65(21-25-73)22-26-74(27-23-65)41-9-11-44-46(31-41)62(81)77(61(44)80)51-14-15-52(78)69-59(51)79/h8-9,11-12,30-32,37-39,42,49-51H,10,13-16,18-28,33-36H2,1-7H3,(H,82,83)(H,69,78,79)/t42-,49-,50+,51?/m1/s1. The molecule has 5 saturated heterocycles. The van der Waals surface area contributed by atoms with Crippen molar-refractivity contribution in [1.29, 1.82) is 0 Å². The van der Waals surface area contributed by atoms with Crippen LogP contribution in [0.15, 0.2) is 42.5 Å². The van der Waals surface area contributed by atoms with E-state index in [9.17, 15) is 29.1 Å². The van der Waals surface area contributed by atoms with E-state index >= 15 is 8.78 Å². The molecule has 7 aliphatic heterocycles. The van der Waals surface area contributed by atoms with Gasteiger partial charge in [0.25, 0.3) is 11.8 Å². The Morgan fingerprint density at radius 1 is 0.818 bits per heavy atom. The quantitative estimate of drug-likeness (QED) is 0.0459. The number of benzene rings is 3. The molecule has 13 rings (SSSR count). The Morgan fingerprint density at radius 2 is 1.55 bits per heavy atom. The van der Waals surface area contributed by atoms with Crippen LogP contribution in [0.4, 0.5) is 25.1 Å². The number of halogens is 2. The molecule has 464 valence electrons. The molecule has 0 radical (unpaired) electrons. The third kappa shape index (κ3) is 10.3. The topological polar surface area (TPSA) is 209 Å². The van der Waals surface area contributed by atoms with Crippen LogP contribution in [0, 0.1) is 33.9 Å². The second-order valence-electron chi connectivity index (χ2n) is 26.9. The van der Waals surface area contributed by atoms with Crippen molar-refractivity contribution in [3.05, 3.63) is 70.8 Å². The summed E-state index contributed by atoms with van der Waals surface area (Å²) < 4.78 is 59.8. The molecular weight excluding hydrogens is 1140 g/mol. The SMILES string of the molecule is COCOc1cc(-c2nc3c4c(nc(OCC5(CN6CCC7(CC6)CCN(c6ccc8c(c6)C(=O)N(C6CCC(=O)NC6=O)C8=O)CC7)CC5)nc4c2F)N2C[C@H]4CC[C@@H]([C@H]2CCO3)N4C(=O)O)c2c(C#C[Si](C(C)C)(C(C)C)C(C)C)c(F)ccc2c1. The lowest BCUT2D eigenvalue weighted by molar-refractivity contribution is -0.136. The third-order valence-electron chi connectivity index (χ3n) is 21.1. The highest BCUT2D eigenvalue weighted by molar-refractivity contribution is 6.90. The van der Waals surface area contributed by atoms with Crippen LogP contribution in [0.2, 0.25) is 16.6 Å². The van der Waals surface area contributed by atoms with Gasteiger partial charge in [0.15, 0.2) is 12.6 Å². The van der Waals surface area contributed by atoms with Gasteiger partial charge in [-0.3, -0.25) is 34.3 Å².